The third kappa shape index (κ3) is 2.66. The molecule has 0 spiro atoms. The van der Waals surface area contributed by atoms with E-state index in [-0.39, 0.29) is 17.4 Å². The van der Waals surface area contributed by atoms with E-state index in [0.29, 0.717) is 23.4 Å². The number of nitro benzene ring substituents is 1. The Morgan fingerprint density at radius 1 is 1.50 bits per heavy atom. The highest BCUT2D eigenvalue weighted by atomic mass is 35.5. The van der Waals surface area contributed by atoms with Gasteiger partial charge < -0.3 is 5.11 Å². The third-order valence-corrected chi connectivity index (χ3v) is 3.32. The zero-order chi connectivity index (χ0) is 14.7. The van der Waals surface area contributed by atoms with Crippen LogP contribution >= 0.6 is 11.6 Å². The predicted molar refractivity (Wildman–Crippen MR) is 75.1 cm³/mol. The van der Waals surface area contributed by atoms with Gasteiger partial charge in [-0.25, -0.2) is 4.68 Å². The molecular weight excluding hydrogens is 282 g/mol. The van der Waals surface area contributed by atoms with Crippen LogP contribution in [0.4, 0.5) is 5.69 Å². The highest BCUT2D eigenvalue weighted by molar-refractivity contribution is 6.30. The number of hydrogen-bond donors (Lipinski definition) is 1. The Labute approximate surface area is 120 Å². The van der Waals surface area contributed by atoms with Gasteiger partial charge in [-0.2, -0.15) is 5.10 Å². The summed E-state index contributed by atoms with van der Waals surface area (Å²) in [6.45, 7) is 1.80. The van der Waals surface area contributed by atoms with Crippen molar-refractivity contribution in [1.82, 2.24) is 9.78 Å². The Morgan fingerprint density at radius 2 is 2.25 bits per heavy atom. The van der Waals surface area contributed by atoms with Crippen LogP contribution in [-0.4, -0.2) is 19.8 Å². The second-order valence-electron chi connectivity index (χ2n) is 4.31. The molecule has 0 saturated carbocycles. The number of benzene rings is 1. The van der Waals surface area contributed by atoms with Crippen molar-refractivity contribution < 1.29 is 10.0 Å². The average Bonchev–Trinajstić information content (AvgIpc) is 2.75. The topological polar surface area (TPSA) is 81.2 Å². The van der Waals surface area contributed by atoms with Gasteiger partial charge in [-0.15, -0.1) is 0 Å². The number of hydrogen-bond acceptors (Lipinski definition) is 4. The van der Waals surface area contributed by atoms with Crippen molar-refractivity contribution in [1.29, 1.82) is 0 Å². The first-order valence-electron chi connectivity index (χ1n) is 6.20. The van der Waals surface area contributed by atoms with Crippen LogP contribution < -0.4 is 0 Å². The molecule has 106 valence electrons. The van der Waals surface area contributed by atoms with E-state index in [4.69, 9.17) is 11.6 Å². The van der Waals surface area contributed by atoms with Gasteiger partial charge in [-0.3, -0.25) is 10.1 Å². The molecule has 2 rings (SSSR count). The van der Waals surface area contributed by atoms with Gasteiger partial charge in [-0.1, -0.05) is 31.0 Å². The van der Waals surface area contributed by atoms with Crippen molar-refractivity contribution in [2.45, 2.75) is 26.4 Å². The van der Waals surface area contributed by atoms with Gasteiger partial charge in [0.2, 0.25) is 0 Å². The molecule has 0 radical (unpaired) electrons. The highest BCUT2D eigenvalue weighted by Gasteiger charge is 2.17. The molecule has 2 aromatic rings. The quantitative estimate of drug-likeness (QED) is 0.679. The lowest BCUT2D eigenvalue weighted by atomic mass is 10.2. The zero-order valence-electron chi connectivity index (χ0n) is 10.9. The molecule has 1 heterocycles. The van der Waals surface area contributed by atoms with E-state index in [9.17, 15) is 15.2 Å². The molecule has 0 aliphatic rings. The molecule has 7 heteroatoms. The van der Waals surface area contributed by atoms with Crippen molar-refractivity contribution in [3.63, 3.8) is 0 Å². The van der Waals surface area contributed by atoms with E-state index in [2.05, 4.69) is 5.10 Å². The van der Waals surface area contributed by atoms with E-state index >= 15 is 0 Å². The van der Waals surface area contributed by atoms with Gasteiger partial charge in [-0.05, 0) is 12.5 Å². The van der Waals surface area contributed by atoms with Crippen molar-refractivity contribution in [2.75, 3.05) is 0 Å². The Bertz CT molecular complexity index is 640. The molecule has 0 saturated heterocycles. The second-order valence-corrected chi connectivity index (χ2v) is 4.67. The molecule has 0 atom stereocenters. The first kappa shape index (κ1) is 14.5. The van der Waals surface area contributed by atoms with Crippen LogP contribution in [0.2, 0.25) is 5.15 Å². The maximum absolute atomic E-state index is 10.8. The monoisotopic (exact) mass is 295 g/mol. The number of halogens is 1. The van der Waals surface area contributed by atoms with Gasteiger partial charge in [0.05, 0.1) is 22.9 Å². The van der Waals surface area contributed by atoms with Crippen LogP contribution in [0.25, 0.3) is 5.69 Å². The van der Waals surface area contributed by atoms with Crippen LogP contribution in [0.15, 0.2) is 24.3 Å². The van der Waals surface area contributed by atoms with Gasteiger partial charge in [0.1, 0.15) is 5.15 Å². The number of rotatable bonds is 5. The molecular formula is C13H14ClN3O3. The molecule has 0 aliphatic heterocycles. The number of nitro groups is 1. The normalized spacial score (nSPS) is 10.8. The smallest absolute Gasteiger partial charge is 0.271 e. The van der Waals surface area contributed by atoms with Crippen molar-refractivity contribution in [2.24, 2.45) is 0 Å². The fourth-order valence-electron chi connectivity index (χ4n) is 1.98. The number of aromatic nitrogens is 2. The van der Waals surface area contributed by atoms with Gasteiger partial charge >= 0.3 is 0 Å². The van der Waals surface area contributed by atoms with Gasteiger partial charge in [0, 0.05) is 17.7 Å². The van der Waals surface area contributed by atoms with Crippen LogP contribution in [0.1, 0.15) is 24.6 Å². The fraction of sp³-hybridized carbons (Fsp3) is 0.308. The fourth-order valence-corrected chi connectivity index (χ4v) is 2.28. The van der Waals surface area contributed by atoms with Crippen molar-refractivity contribution in [3.05, 3.63) is 50.8 Å². The summed E-state index contributed by atoms with van der Waals surface area (Å²) >= 11 is 6.20. The second kappa shape index (κ2) is 6.02. The lowest BCUT2D eigenvalue weighted by Crippen LogP contribution is -1.99. The summed E-state index contributed by atoms with van der Waals surface area (Å²) < 4.78 is 1.42. The highest BCUT2D eigenvalue weighted by Crippen LogP contribution is 2.26. The van der Waals surface area contributed by atoms with Gasteiger partial charge in [0.25, 0.3) is 5.69 Å². The minimum absolute atomic E-state index is 0.0309. The molecule has 1 aromatic carbocycles. The minimum Gasteiger partial charge on any atom is -0.391 e. The minimum atomic E-state index is -0.471. The summed E-state index contributed by atoms with van der Waals surface area (Å²) in [5.74, 6) is 0. The molecule has 0 aliphatic carbocycles. The molecule has 1 aromatic heterocycles. The van der Waals surface area contributed by atoms with Crippen LogP contribution in [-0.2, 0) is 13.0 Å². The molecule has 6 nitrogen and oxygen atoms in total. The largest absolute Gasteiger partial charge is 0.391 e. The molecule has 0 unspecified atom stereocenters. The SMILES string of the molecule is CCCc1nn(-c2cccc([N+](=O)[O-])c2)c(Cl)c1CO. The first-order chi connectivity index (χ1) is 9.58. The Morgan fingerprint density at radius 3 is 2.85 bits per heavy atom. The summed E-state index contributed by atoms with van der Waals surface area (Å²) in [6.07, 6.45) is 1.56. The summed E-state index contributed by atoms with van der Waals surface area (Å²) in [6, 6.07) is 6.06. The van der Waals surface area contributed by atoms with Crippen LogP contribution in [0, 0.1) is 10.1 Å². The maximum Gasteiger partial charge on any atom is 0.271 e. The third-order valence-electron chi connectivity index (χ3n) is 2.93. The van der Waals surface area contributed by atoms with Crippen LogP contribution in [0.5, 0.6) is 0 Å². The van der Waals surface area contributed by atoms with Crippen molar-refractivity contribution >= 4 is 17.3 Å². The first-order valence-corrected chi connectivity index (χ1v) is 6.58. The standard InChI is InChI=1S/C13H14ClN3O3/c1-2-4-12-11(8-18)13(14)16(15-12)9-5-3-6-10(7-9)17(19)20/h3,5-7,18H,2,4,8H2,1H3. The molecule has 0 bridgehead atoms. The van der Waals surface area contributed by atoms with Gasteiger partial charge in [0.15, 0.2) is 0 Å². The maximum atomic E-state index is 10.8. The van der Waals surface area contributed by atoms with Crippen molar-refractivity contribution in [3.8, 4) is 5.69 Å². The Hall–Kier alpha value is -1.92. The lowest BCUT2D eigenvalue weighted by Gasteiger charge is -2.03. The van der Waals surface area contributed by atoms with E-state index in [1.807, 2.05) is 6.92 Å². The molecule has 0 fully saturated rings. The summed E-state index contributed by atoms with van der Waals surface area (Å²) in [4.78, 5) is 10.3. The molecule has 1 N–H and O–H groups in total. The predicted octanol–water partition coefficient (Wildman–Crippen LogP) is 2.88. The summed E-state index contributed by atoms with van der Waals surface area (Å²) in [5.41, 5.74) is 1.75. The summed E-state index contributed by atoms with van der Waals surface area (Å²) in [5, 5.41) is 24.8. The Kier molecular flexibility index (Phi) is 4.36. The lowest BCUT2D eigenvalue weighted by molar-refractivity contribution is -0.384. The number of aliphatic hydroxyl groups excluding tert-OH is 1. The van der Waals surface area contributed by atoms with E-state index in [1.54, 1.807) is 12.1 Å². The number of aryl methyl sites for hydroxylation is 1. The molecule has 20 heavy (non-hydrogen) atoms. The van der Waals surface area contributed by atoms with Crippen LogP contribution in [0.3, 0.4) is 0 Å². The molecule has 0 amide bonds. The Balaban J connectivity index is 2.52. The van der Waals surface area contributed by atoms with E-state index in [0.717, 1.165) is 6.42 Å². The zero-order valence-corrected chi connectivity index (χ0v) is 11.7. The summed E-state index contributed by atoms with van der Waals surface area (Å²) in [7, 11) is 0. The van der Waals surface area contributed by atoms with E-state index in [1.165, 1.54) is 16.8 Å². The average molecular weight is 296 g/mol. The number of aliphatic hydroxyl groups is 1. The van der Waals surface area contributed by atoms with E-state index < -0.39 is 4.92 Å². The number of non-ortho nitro benzene ring substituents is 1. The number of nitrogens with zero attached hydrogens (tertiary/aromatic N) is 3.